The number of para-hydroxylation sites is 1. The third-order valence-corrected chi connectivity index (χ3v) is 2.58. The molecule has 2 rings (SSSR count). The number of hydrogen-bond donors (Lipinski definition) is 3. The van der Waals surface area contributed by atoms with E-state index >= 15 is 0 Å². The molecule has 0 radical (unpaired) electrons. The molecule has 1 aromatic rings. The van der Waals surface area contributed by atoms with Gasteiger partial charge in [-0.1, -0.05) is 18.2 Å². The van der Waals surface area contributed by atoms with Crippen molar-refractivity contribution in [3.63, 3.8) is 0 Å². The molecule has 0 unspecified atom stereocenters. The van der Waals surface area contributed by atoms with E-state index in [1.54, 1.807) is 6.20 Å². The van der Waals surface area contributed by atoms with E-state index in [-0.39, 0.29) is 0 Å². The van der Waals surface area contributed by atoms with Gasteiger partial charge in [-0.2, -0.15) is 0 Å². The van der Waals surface area contributed by atoms with Crippen molar-refractivity contribution in [3.8, 4) is 0 Å². The number of aryl methyl sites for hydroxylation is 1. The van der Waals surface area contributed by atoms with Crippen molar-refractivity contribution in [1.82, 2.24) is 5.32 Å². The maximum atomic E-state index is 10.5. The first-order valence-electron chi connectivity index (χ1n) is 5.29. The molecule has 1 aromatic carbocycles. The summed E-state index contributed by atoms with van der Waals surface area (Å²) in [4.78, 5) is 10.5. The maximum Gasteiger partial charge on any atom is 0.408 e. The lowest BCUT2D eigenvalue weighted by Crippen LogP contribution is -2.21. The molecule has 0 spiro atoms. The zero-order chi connectivity index (χ0) is 11.4. The van der Waals surface area contributed by atoms with Gasteiger partial charge in [0.1, 0.15) is 0 Å². The van der Waals surface area contributed by atoms with E-state index in [2.05, 4.69) is 16.7 Å². The number of rotatable bonds is 1. The lowest BCUT2D eigenvalue weighted by Gasteiger charge is -2.15. The third-order valence-electron chi connectivity index (χ3n) is 2.58. The van der Waals surface area contributed by atoms with Gasteiger partial charge in [-0.3, -0.25) is 5.32 Å². The standard InChI is InChI=1S/C12H14N2O2/c15-12(16)14-10-6-3-5-9-4-1-2-7-11(9)13-8-10/h1-2,4,7-8,13-14H,3,5-6H2,(H,15,16). The molecular formula is C12H14N2O2. The van der Waals surface area contributed by atoms with Crippen LogP contribution >= 0.6 is 0 Å². The normalized spacial score (nSPS) is 14.9. The van der Waals surface area contributed by atoms with Crippen LogP contribution < -0.4 is 10.6 Å². The van der Waals surface area contributed by atoms with Crippen molar-refractivity contribution in [2.75, 3.05) is 5.32 Å². The fourth-order valence-electron chi connectivity index (χ4n) is 1.82. The van der Waals surface area contributed by atoms with Crippen molar-refractivity contribution in [1.29, 1.82) is 0 Å². The minimum absolute atomic E-state index is 0.710. The van der Waals surface area contributed by atoms with Gasteiger partial charge in [-0.25, -0.2) is 4.79 Å². The predicted octanol–water partition coefficient (Wildman–Crippen LogP) is 2.54. The van der Waals surface area contributed by atoms with E-state index in [1.165, 1.54) is 5.56 Å². The molecule has 0 aliphatic carbocycles. The fourth-order valence-corrected chi connectivity index (χ4v) is 1.82. The molecule has 1 heterocycles. The van der Waals surface area contributed by atoms with Crippen molar-refractivity contribution in [3.05, 3.63) is 41.7 Å². The molecule has 0 saturated carbocycles. The minimum atomic E-state index is -1.01. The Hall–Kier alpha value is -1.97. The Kier molecular flexibility index (Phi) is 3.10. The highest BCUT2D eigenvalue weighted by atomic mass is 16.4. The van der Waals surface area contributed by atoms with Crippen molar-refractivity contribution < 1.29 is 9.90 Å². The average molecular weight is 218 g/mol. The summed E-state index contributed by atoms with van der Waals surface area (Å²) in [6.07, 6.45) is 3.37. The lowest BCUT2D eigenvalue weighted by molar-refractivity contribution is 0.197. The maximum absolute atomic E-state index is 10.5. The largest absolute Gasteiger partial charge is 0.465 e. The van der Waals surface area contributed by atoms with Gasteiger partial charge < -0.3 is 10.4 Å². The summed E-state index contributed by atoms with van der Waals surface area (Å²) in [6.45, 7) is 0. The van der Waals surface area contributed by atoms with Crippen LogP contribution in [-0.2, 0) is 6.42 Å². The molecule has 1 aliphatic heterocycles. The highest BCUT2D eigenvalue weighted by Gasteiger charge is 2.07. The molecule has 1 amide bonds. The minimum Gasteiger partial charge on any atom is -0.465 e. The van der Waals surface area contributed by atoms with Gasteiger partial charge in [-0.15, -0.1) is 0 Å². The molecule has 0 atom stereocenters. The van der Waals surface area contributed by atoms with Gasteiger partial charge in [0.25, 0.3) is 0 Å². The second kappa shape index (κ2) is 4.70. The molecule has 4 nitrogen and oxygen atoms in total. The summed E-state index contributed by atoms with van der Waals surface area (Å²) in [6, 6.07) is 8.06. The number of amides is 1. The van der Waals surface area contributed by atoms with Crippen molar-refractivity contribution >= 4 is 11.8 Å². The summed E-state index contributed by atoms with van der Waals surface area (Å²) in [7, 11) is 0. The Labute approximate surface area is 94.0 Å². The molecule has 0 saturated heterocycles. The number of carboxylic acid groups (broad SMARTS) is 1. The van der Waals surface area contributed by atoms with E-state index < -0.39 is 6.09 Å². The smallest absolute Gasteiger partial charge is 0.408 e. The Balaban J connectivity index is 2.17. The van der Waals surface area contributed by atoms with Crippen LogP contribution in [0.4, 0.5) is 10.5 Å². The molecule has 0 bridgehead atoms. The van der Waals surface area contributed by atoms with Gasteiger partial charge in [-0.05, 0) is 30.9 Å². The molecule has 3 N–H and O–H groups in total. The average Bonchev–Trinajstić information content (AvgIpc) is 2.23. The van der Waals surface area contributed by atoms with E-state index in [1.807, 2.05) is 18.2 Å². The van der Waals surface area contributed by atoms with Crippen LogP contribution in [0.3, 0.4) is 0 Å². The number of allylic oxidation sites excluding steroid dienone is 1. The Bertz CT molecular complexity index is 427. The van der Waals surface area contributed by atoms with Gasteiger partial charge >= 0.3 is 6.09 Å². The number of anilines is 1. The summed E-state index contributed by atoms with van der Waals surface area (Å²) in [5.74, 6) is 0. The Morgan fingerprint density at radius 3 is 2.94 bits per heavy atom. The van der Waals surface area contributed by atoms with Gasteiger partial charge in [0.05, 0.1) is 0 Å². The topological polar surface area (TPSA) is 61.4 Å². The highest BCUT2D eigenvalue weighted by Crippen LogP contribution is 2.21. The Morgan fingerprint density at radius 1 is 1.31 bits per heavy atom. The third kappa shape index (κ3) is 2.53. The second-order valence-electron chi connectivity index (χ2n) is 3.75. The Morgan fingerprint density at radius 2 is 2.12 bits per heavy atom. The van der Waals surface area contributed by atoms with Crippen LogP contribution in [0.15, 0.2) is 36.2 Å². The first kappa shape index (κ1) is 10.5. The molecule has 1 aliphatic rings. The van der Waals surface area contributed by atoms with E-state index in [0.717, 1.165) is 24.9 Å². The van der Waals surface area contributed by atoms with Crippen molar-refractivity contribution in [2.24, 2.45) is 0 Å². The molecule has 0 aromatic heterocycles. The monoisotopic (exact) mass is 218 g/mol. The van der Waals surface area contributed by atoms with Crippen LogP contribution in [0.25, 0.3) is 0 Å². The molecule has 16 heavy (non-hydrogen) atoms. The van der Waals surface area contributed by atoms with Gasteiger partial charge in [0.15, 0.2) is 0 Å². The van der Waals surface area contributed by atoms with E-state index in [9.17, 15) is 4.79 Å². The van der Waals surface area contributed by atoms with Gasteiger partial charge in [0, 0.05) is 17.6 Å². The summed E-state index contributed by atoms with van der Waals surface area (Å²) >= 11 is 0. The van der Waals surface area contributed by atoms with Crippen LogP contribution in [0, 0.1) is 0 Å². The summed E-state index contributed by atoms with van der Waals surface area (Å²) in [5, 5.41) is 14.2. The van der Waals surface area contributed by atoms with E-state index in [0.29, 0.717) is 5.70 Å². The number of benzene rings is 1. The highest BCUT2D eigenvalue weighted by molar-refractivity contribution is 5.67. The summed E-state index contributed by atoms with van der Waals surface area (Å²) < 4.78 is 0. The van der Waals surface area contributed by atoms with Gasteiger partial charge in [0.2, 0.25) is 0 Å². The van der Waals surface area contributed by atoms with E-state index in [4.69, 9.17) is 5.11 Å². The number of fused-ring (bicyclic) bond motifs is 1. The SMILES string of the molecule is O=C(O)NC1=CNc2ccccc2CCC1. The fraction of sp³-hybridized carbons (Fsp3) is 0.250. The quantitative estimate of drug-likeness (QED) is 0.678. The van der Waals surface area contributed by atoms with Crippen LogP contribution in [0.1, 0.15) is 18.4 Å². The first-order chi connectivity index (χ1) is 7.75. The second-order valence-corrected chi connectivity index (χ2v) is 3.75. The lowest BCUT2D eigenvalue weighted by atomic mass is 10.0. The molecular weight excluding hydrogens is 204 g/mol. The molecule has 4 heteroatoms. The zero-order valence-corrected chi connectivity index (χ0v) is 8.86. The number of carbonyl (C=O) groups is 1. The number of hydrogen-bond acceptors (Lipinski definition) is 2. The molecule has 84 valence electrons. The first-order valence-corrected chi connectivity index (χ1v) is 5.29. The summed E-state index contributed by atoms with van der Waals surface area (Å²) in [5.41, 5.74) is 3.03. The predicted molar refractivity (Wildman–Crippen MR) is 62.2 cm³/mol. The van der Waals surface area contributed by atoms with Crippen molar-refractivity contribution in [2.45, 2.75) is 19.3 Å². The van der Waals surface area contributed by atoms with Crippen LogP contribution in [0.5, 0.6) is 0 Å². The zero-order valence-electron chi connectivity index (χ0n) is 8.86. The van der Waals surface area contributed by atoms with Crippen LogP contribution in [-0.4, -0.2) is 11.2 Å². The van der Waals surface area contributed by atoms with Crippen LogP contribution in [0.2, 0.25) is 0 Å². The number of nitrogens with one attached hydrogen (secondary N) is 2. The molecule has 0 fully saturated rings.